The van der Waals surface area contributed by atoms with Crippen LogP contribution in [0.4, 0.5) is 0 Å². The Morgan fingerprint density at radius 3 is 2.33 bits per heavy atom. The maximum atomic E-state index is 3.69. The summed E-state index contributed by atoms with van der Waals surface area (Å²) in [7, 11) is 0. The summed E-state index contributed by atoms with van der Waals surface area (Å²) in [6.07, 6.45) is 0. The number of rotatable bonds is 0. The van der Waals surface area contributed by atoms with Crippen molar-refractivity contribution in [2.75, 3.05) is 0 Å². The highest BCUT2D eigenvalue weighted by Crippen LogP contribution is 2.39. The van der Waals surface area contributed by atoms with Crippen LogP contribution in [-0.2, 0) is 0 Å². The second kappa shape index (κ2) is 3.69. The van der Waals surface area contributed by atoms with Crippen LogP contribution >= 0.6 is 31.9 Å². The number of halogens is 2. The SMILES string of the molecule is Brc1cc2ccc3cccc4c(Br)cc(c1)c2c34. The fraction of sp³-hybridized carbons (Fsp3) is 0. The lowest BCUT2D eigenvalue weighted by atomic mass is 9.94. The van der Waals surface area contributed by atoms with Gasteiger partial charge in [-0.2, -0.15) is 0 Å². The van der Waals surface area contributed by atoms with E-state index < -0.39 is 0 Å². The van der Waals surface area contributed by atoms with Crippen LogP contribution in [0, 0.1) is 0 Å². The van der Waals surface area contributed by atoms with Gasteiger partial charge in [-0.15, -0.1) is 0 Å². The predicted octanol–water partition coefficient (Wildman–Crippen LogP) is 6.11. The maximum Gasteiger partial charge on any atom is 0.0260 e. The average Bonchev–Trinajstić information content (AvgIpc) is 2.36. The standard InChI is InChI=1S/C16H8Br2/c17-12-6-10-5-4-9-2-1-3-13-14(18)8-11(7-12)15(10)16(9)13/h1-8H. The van der Waals surface area contributed by atoms with Gasteiger partial charge in [0.1, 0.15) is 0 Å². The van der Waals surface area contributed by atoms with E-state index in [9.17, 15) is 0 Å². The van der Waals surface area contributed by atoms with Crippen molar-refractivity contribution in [1.29, 1.82) is 0 Å². The van der Waals surface area contributed by atoms with E-state index in [-0.39, 0.29) is 0 Å². The molecule has 0 atom stereocenters. The third kappa shape index (κ3) is 1.36. The van der Waals surface area contributed by atoms with E-state index in [1.54, 1.807) is 0 Å². The van der Waals surface area contributed by atoms with Gasteiger partial charge in [0, 0.05) is 8.95 Å². The Morgan fingerprint density at radius 1 is 0.667 bits per heavy atom. The van der Waals surface area contributed by atoms with Crippen LogP contribution in [0.25, 0.3) is 32.3 Å². The van der Waals surface area contributed by atoms with Crippen LogP contribution in [0.3, 0.4) is 0 Å². The predicted molar refractivity (Wildman–Crippen MR) is 85.5 cm³/mol. The largest absolute Gasteiger partial charge is 0.0610 e. The Morgan fingerprint density at radius 2 is 1.44 bits per heavy atom. The molecular formula is C16H8Br2. The Labute approximate surface area is 121 Å². The highest BCUT2D eigenvalue weighted by atomic mass is 79.9. The molecule has 2 heteroatoms. The minimum Gasteiger partial charge on any atom is -0.0610 e. The van der Waals surface area contributed by atoms with Crippen molar-refractivity contribution in [3.05, 3.63) is 57.5 Å². The summed E-state index contributed by atoms with van der Waals surface area (Å²) in [5.74, 6) is 0. The summed E-state index contributed by atoms with van der Waals surface area (Å²) >= 11 is 7.27. The highest BCUT2D eigenvalue weighted by molar-refractivity contribution is 9.11. The summed E-state index contributed by atoms with van der Waals surface area (Å²) in [6, 6.07) is 17.4. The van der Waals surface area contributed by atoms with E-state index in [0.29, 0.717) is 0 Å². The first-order valence-electron chi connectivity index (χ1n) is 5.76. The first kappa shape index (κ1) is 10.8. The summed E-state index contributed by atoms with van der Waals surface area (Å²) in [5, 5.41) is 7.86. The topological polar surface area (TPSA) is 0 Å². The van der Waals surface area contributed by atoms with Gasteiger partial charge in [0.05, 0.1) is 0 Å². The van der Waals surface area contributed by atoms with E-state index in [0.717, 1.165) is 8.95 Å². The van der Waals surface area contributed by atoms with Gasteiger partial charge < -0.3 is 0 Å². The molecule has 0 radical (unpaired) electrons. The number of hydrogen-bond donors (Lipinski definition) is 0. The van der Waals surface area contributed by atoms with E-state index >= 15 is 0 Å². The molecule has 0 aromatic heterocycles. The van der Waals surface area contributed by atoms with Crippen molar-refractivity contribution in [3.8, 4) is 0 Å². The Balaban J connectivity index is 2.46. The molecule has 0 aliphatic carbocycles. The highest BCUT2D eigenvalue weighted by Gasteiger charge is 2.10. The van der Waals surface area contributed by atoms with Crippen LogP contribution in [0.2, 0.25) is 0 Å². The molecule has 86 valence electrons. The summed E-state index contributed by atoms with van der Waals surface area (Å²) < 4.78 is 2.28. The lowest BCUT2D eigenvalue weighted by Gasteiger charge is -2.12. The fourth-order valence-electron chi connectivity index (χ4n) is 2.76. The van der Waals surface area contributed by atoms with Crippen LogP contribution in [0.1, 0.15) is 0 Å². The van der Waals surface area contributed by atoms with Crippen LogP contribution in [0.5, 0.6) is 0 Å². The van der Waals surface area contributed by atoms with Crippen molar-refractivity contribution in [3.63, 3.8) is 0 Å². The third-order valence-electron chi connectivity index (χ3n) is 3.49. The first-order valence-corrected chi connectivity index (χ1v) is 7.35. The normalized spacial score (nSPS) is 11.9. The van der Waals surface area contributed by atoms with Gasteiger partial charge >= 0.3 is 0 Å². The quantitative estimate of drug-likeness (QED) is 0.332. The summed E-state index contributed by atoms with van der Waals surface area (Å²) in [6.45, 7) is 0. The minimum atomic E-state index is 1.13. The van der Waals surface area contributed by atoms with E-state index in [2.05, 4.69) is 80.4 Å². The molecule has 0 aliphatic heterocycles. The molecule has 0 nitrogen and oxygen atoms in total. The lowest BCUT2D eigenvalue weighted by Crippen LogP contribution is -1.85. The zero-order valence-electron chi connectivity index (χ0n) is 9.37. The molecule has 0 saturated heterocycles. The van der Waals surface area contributed by atoms with Crippen LogP contribution in [0.15, 0.2) is 57.5 Å². The fourth-order valence-corrected chi connectivity index (χ4v) is 3.83. The smallest absolute Gasteiger partial charge is 0.0260 e. The monoisotopic (exact) mass is 358 g/mol. The Bertz CT molecular complexity index is 894. The molecule has 4 aromatic carbocycles. The number of hydrogen-bond acceptors (Lipinski definition) is 0. The van der Waals surface area contributed by atoms with E-state index in [1.165, 1.54) is 32.3 Å². The van der Waals surface area contributed by atoms with E-state index in [1.807, 2.05) is 0 Å². The molecule has 0 amide bonds. The molecule has 0 N–H and O–H groups in total. The van der Waals surface area contributed by atoms with Gasteiger partial charge in [-0.05, 0) is 50.5 Å². The number of benzene rings is 4. The second-order valence-corrected chi connectivity index (χ2v) is 6.32. The molecule has 0 fully saturated rings. The van der Waals surface area contributed by atoms with Gasteiger partial charge in [-0.1, -0.05) is 62.2 Å². The summed E-state index contributed by atoms with van der Waals surface area (Å²) in [4.78, 5) is 0. The second-order valence-electron chi connectivity index (χ2n) is 4.55. The van der Waals surface area contributed by atoms with Crippen molar-refractivity contribution in [2.24, 2.45) is 0 Å². The lowest BCUT2D eigenvalue weighted by molar-refractivity contribution is 1.72. The van der Waals surface area contributed by atoms with Gasteiger partial charge in [0.15, 0.2) is 0 Å². The van der Waals surface area contributed by atoms with Crippen molar-refractivity contribution >= 4 is 64.2 Å². The molecule has 4 rings (SSSR count). The third-order valence-corrected chi connectivity index (χ3v) is 4.61. The molecule has 0 spiro atoms. The molecule has 0 saturated carbocycles. The minimum absolute atomic E-state index is 1.13. The zero-order valence-corrected chi connectivity index (χ0v) is 12.5. The van der Waals surface area contributed by atoms with Crippen LogP contribution in [-0.4, -0.2) is 0 Å². The molecule has 4 aromatic rings. The molecule has 0 bridgehead atoms. The first-order chi connectivity index (χ1) is 8.74. The van der Waals surface area contributed by atoms with Crippen molar-refractivity contribution < 1.29 is 0 Å². The van der Waals surface area contributed by atoms with Gasteiger partial charge in [-0.3, -0.25) is 0 Å². The van der Waals surface area contributed by atoms with Gasteiger partial charge in [0.2, 0.25) is 0 Å². The molecule has 0 unspecified atom stereocenters. The zero-order chi connectivity index (χ0) is 12.3. The Kier molecular flexibility index (Phi) is 2.21. The maximum absolute atomic E-state index is 3.69. The molecule has 0 heterocycles. The van der Waals surface area contributed by atoms with Gasteiger partial charge in [-0.25, -0.2) is 0 Å². The summed E-state index contributed by atoms with van der Waals surface area (Å²) in [5.41, 5.74) is 0. The van der Waals surface area contributed by atoms with E-state index in [4.69, 9.17) is 0 Å². The Hall–Kier alpha value is -1.12. The van der Waals surface area contributed by atoms with Crippen molar-refractivity contribution in [1.82, 2.24) is 0 Å². The average molecular weight is 360 g/mol. The van der Waals surface area contributed by atoms with Gasteiger partial charge in [0.25, 0.3) is 0 Å². The molecule has 18 heavy (non-hydrogen) atoms. The molecular weight excluding hydrogens is 352 g/mol. The van der Waals surface area contributed by atoms with Crippen molar-refractivity contribution in [2.45, 2.75) is 0 Å². The van der Waals surface area contributed by atoms with Crippen LogP contribution < -0.4 is 0 Å². The molecule has 0 aliphatic rings.